The maximum Gasteiger partial charge on any atom is 0.411 e. The number of carbonyl (C=O) groups excluding carboxylic acids is 1. The van der Waals surface area contributed by atoms with Crippen LogP contribution in [0.5, 0.6) is 0 Å². The predicted molar refractivity (Wildman–Crippen MR) is 92.3 cm³/mol. The summed E-state index contributed by atoms with van der Waals surface area (Å²) in [5.41, 5.74) is -0.0108. The average molecular weight is 382 g/mol. The Morgan fingerprint density at radius 3 is 2.41 bits per heavy atom. The molecule has 1 saturated heterocycles. The van der Waals surface area contributed by atoms with Crippen molar-refractivity contribution in [1.29, 1.82) is 0 Å². The number of ether oxygens (including phenoxy) is 1. The second-order valence-electron chi connectivity index (χ2n) is 6.36. The molecule has 1 amide bonds. The predicted octanol–water partition coefficient (Wildman–Crippen LogP) is 4.46. The van der Waals surface area contributed by atoms with Gasteiger partial charge in [-0.1, -0.05) is 0 Å². The van der Waals surface area contributed by atoms with Crippen molar-refractivity contribution in [2.24, 2.45) is 5.92 Å². The fourth-order valence-electron chi connectivity index (χ4n) is 2.96. The van der Waals surface area contributed by atoms with Crippen LogP contribution in [-0.4, -0.2) is 25.8 Å². The van der Waals surface area contributed by atoms with Crippen LogP contribution >= 0.6 is 0 Å². The second-order valence-corrected chi connectivity index (χ2v) is 6.36. The van der Waals surface area contributed by atoms with Crippen molar-refractivity contribution in [1.82, 2.24) is 5.32 Å². The maximum absolute atomic E-state index is 13.6. The molecule has 0 radical (unpaired) electrons. The van der Waals surface area contributed by atoms with Crippen LogP contribution in [0.4, 0.5) is 28.0 Å². The molecule has 27 heavy (non-hydrogen) atoms. The van der Waals surface area contributed by atoms with Crippen LogP contribution in [0, 0.1) is 29.2 Å². The molecule has 0 atom stereocenters. The number of amides is 1. The Balaban J connectivity index is 1.77. The van der Waals surface area contributed by atoms with Gasteiger partial charge in [0, 0.05) is 5.56 Å². The number of halogens is 4. The smallest absolute Gasteiger partial charge is 0.411 e. The first-order chi connectivity index (χ1) is 12.9. The second kappa shape index (κ2) is 8.39. The minimum absolute atomic E-state index is 0.00613. The first kappa shape index (κ1) is 19.2. The van der Waals surface area contributed by atoms with Crippen molar-refractivity contribution < 1.29 is 27.1 Å². The summed E-state index contributed by atoms with van der Waals surface area (Å²) in [6, 6.07) is 4.80. The normalized spacial score (nSPS) is 14.8. The van der Waals surface area contributed by atoms with Gasteiger partial charge in [-0.25, -0.2) is 22.4 Å². The van der Waals surface area contributed by atoms with E-state index in [2.05, 4.69) is 10.6 Å². The van der Waals surface area contributed by atoms with Crippen LogP contribution in [0.2, 0.25) is 0 Å². The Hall–Kier alpha value is -2.61. The summed E-state index contributed by atoms with van der Waals surface area (Å²) in [5, 5.41) is 5.65. The molecule has 3 rings (SSSR count). The van der Waals surface area contributed by atoms with E-state index in [1.807, 2.05) is 0 Å². The summed E-state index contributed by atoms with van der Waals surface area (Å²) >= 11 is 0. The average Bonchev–Trinajstić information content (AvgIpc) is 2.66. The van der Waals surface area contributed by atoms with Crippen LogP contribution in [0.15, 0.2) is 30.3 Å². The molecule has 0 bridgehead atoms. The van der Waals surface area contributed by atoms with E-state index in [0.717, 1.165) is 50.2 Å². The van der Waals surface area contributed by atoms with Gasteiger partial charge in [0.15, 0.2) is 17.5 Å². The van der Waals surface area contributed by atoms with Crippen LogP contribution in [0.25, 0.3) is 11.1 Å². The molecule has 8 heteroatoms. The minimum atomic E-state index is -1.62. The van der Waals surface area contributed by atoms with Gasteiger partial charge < -0.3 is 10.1 Å². The van der Waals surface area contributed by atoms with Crippen molar-refractivity contribution in [2.45, 2.75) is 12.8 Å². The highest BCUT2D eigenvalue weighted by atomic mass is 19.2. The van der Waals surface area contributed by atoms with E-state index in [4.69, 9.17) is 4.74 Å². The summed E-state index contributed by atoms with van der Waals surface area (Å²) in [6.45, 7) is 1.96. The van der Waals surface area contributed by atoms with Crippen LogP contribution < -0.4 is 10.6 Å². The van der Waals surface area contributed by atoms with Crippen LogP contribution in [0.3, 0.4) is 0 Å². The highest BCUT2D eigenvalue weighted by molar-refractivity contribution is 5.91. The van der Waals surface area contributed by atoms with Gasteiger partial charge in [-0.2, -0.15) is 0 Å². The van der Waals surface area contributed by atoms with Gasteiger partial charge in [0.1, 0.15) is 5.82 Å². The summed E-state index contributed by atoms with van der Waals surface area (Å²) < 4.78 is 59.0. The van der Waals surface area contributed by atoms with E-state index < -0.39 is 29.4 Å². The molecule has 2 N–H and O–H groups in total. The van der Waals surface area contributed by atoms with Gasteiger partial charge in [-0.05, 0) is 67.7 Å². The van der Waals surface area contributed by atoms with E-state index in [-0.39, 0.29) is 29.3 Å². The Kier molecular flexibility index (Phi) is 5.95. The Morgan fingerprint density at radius 1 is 1.07 bits per heavy atom. The van der Waals surface area contributed by atoms with Crippen molar-refractivity contribution in [3.05, 3.63) is 53.6 Å². The zero-order valence-electron chi connectivity index (χ0n) is 14.3. The van der Waals surface area contributed by atoms with E-state index in [1.165, 1.54) is 6.07 Å². The third kappa shape index (κ3) is 4.77. The lowest BCUT2D eigenvalue weighted by Gasteiger charge is -2.22. The van der Waals surface area contributed by atoms with Crippen molar-refractivity contribution in [3.63, 3.8) is 0 Å². The molecule has 1 heterocycles. The zero-order valence-corrected chi connectivity index (χ0v) is 14.3. The van der Waals surface area contributed by atoms with Gasteiger partial charge >= 0.3 is 6.09 Å². The summed E-state index contributed by atoms with van der Waals surface area (Å²) in [7, 11) is 0. The molecule has 0 unspecified atom stereocenters. The lowest BCUT2D eigenvalue weighted by molar-refractivity contribution is 0.131. The van der Waals surface area contributed by atoms with Crippen LogP contribution in [-0.2, 0) is 4.74 Å². The molecule has 0 aliphatic carbocycles. The number of anilines is 1. The highest BCUT2D eigenvalue weighted by Gasteiger charge is 2.18. The van der Waals surface area contributed by atoms with Crippen LogP contribution in [0.1, 0.15) is 12.8 Å². The Labute approximate surface area is 153 Å². The van der Waals surface area contributed by atoms with E-state index in [1.54, 1.807) is 0 Å². The molecule has 4 nitrogen and oxygen atoms in total. The fourth-order valence-corrected chi connectivity index (χ4v) is 2.96. The molecule has 2 aromatic rings. The van der Waals surface area contributed by atoms with Gasteiger partial charge in [-0.15, -0.1) is 0 Å². The number of hydrogen-bond acceptors (Lipinski definition) is 3. The number of carbonyl (C=O) groups is 1. The highest BCUT2D eigenvalue weighted by Crippen LogP contribution is 2.31. The third-order valence-electron chi connectivity index (χ3n) is 4.42. The summed E-state index contributed by atoms with van der Waals surface area (Å²) in [6.07, 6.45) is 1.02. The van der Waals surface area contributed by atoms with Crippen molar-refractivity contribution >= 4 is 11.8 Å². The molecular formula is C19H18F4N2O2. The molecular weight excluding hydrogens is 364 g/mol. The number of benzene rings is 2. The van der Waals surface area contributed by atoms with Crippen molar-refractivity contribution in [2.75, 3.05) is 25.0 Å². The molecule has 144 valence electrons. The van der Waals surface area contributed by atoms with Gasteiger partial charge in [0.25, 0.3) is 0 Å². The number of hydrogen-bond donors (Lipinski definition) is 2. The Bertz CT molecular complexity index is 815. The first-order valence-electron chi connectivity index (χ1n) is 8.53. The molecule has 2 aromatic carbocycles. The quantitative estimate of drug-likeness (QED) is 0.607. The first-order valence-corrected chi connectivity index (χ1v) is 8.53. The Morgan fingerprint density at radius 2 is 1.74 bits per heavy atom. The topological polar surface area (TPSA) is 50.4 Å². The monoisotopic (exact) mass is 382 g/mol. The number of nitrogens with one attached hydrogen (secondary N) is 2. The van der Waals surface area contributed by atoms with Crippen molar-refractivity contribution in [3.8, 4) is 11.1 Å². The molecule has 1 aliphatic rings. The number of rotatable bonds is 4. The fraction of sp³-hybridized carbons (Fsp3) is 0.316. The van der Waals surface area contributed by atoms with E-state index in [0.29, 0.717) is 0 Å². The summed E-state index contributed by atoms with van der Waals surface area (Å²) in [4.78, 5) is 12.1. The summed E-state index contributed by atoms with van der Waals surface area (Å²) in [5.74, 6) is -4.86. The van der Waals surface area contributed by atoms with Gasteiger partial charge in [-0.3, -0.25) is 5.32 Å². The third-order valence-corrected chi connectivity index (χ3v) is 4.42. The largest absolute Gasteiger partial charge is 0.449 e. The lowest BCUT2D eigenvalue weighted by Crippen LogP contribution is -2.31. The molecule has 0 saturated carbocycles. The standard InChI is InChI=1S/C19H18F4N2O2/c20-13-1-2-17(25-19(26)27-10-11-3-5-24-6-4-11)14(9-13)12-7-15(21)18(23)16(22)8-12/h1-2,7-9,11,24H,3-6,10H2,(H,25,26). The number of piperidine rings is 1. The maximum atomic E-state index is 13.6. The van der Waals surface area contributed by atoms with Gasteiger partial charge in [0.2, 0.25) is 0 Å². The SMILES string of the molecule is O=C(Nc1ccc(F)cc1-c1cc(F)c(F)c(F)c1)OCC1CCNCC1. The van der Waals surface area contributed by atoms with Gasteiger partial charge in [0.05, 0.1) is 12.3 Å². The minimum Gasteiger partial charge on any atom is -0.449 e. The molecule has 0 spiro atoms. The molecule has 0 aromatic heterocycles. The molecule has 1 fully saturated rings. The van der Waals surface area contributed by atoms with E-state index >= 15 is 0 Å². The van der Waals surface area contributed by atoms with E-state index in [9.17, 15) is 22.4 Å². The zero-order chi connectivity index (χ0) is 19.4. The lowest BCUT2D eigenvalue weighted by atomic mass is 9.99. The molecule has 1 aliphatic heterocycles.